The van der Waals surface area contributed by atoms with Gasteiger partial charge in [0.1, 0.15) is 5.82 Å². The van der Waals surface area contributed by atoms with Crippen molar-refractivity contribution >= 4 is 38.7 Å². The zero-order valence-electron chi connectivity index (χ0n) is 18.1. The molecule has 0 atom stereocenters. The first-order chi connectivity index (χ1) is 15.6. The van der Waals surface area contributed by atoms with Gasteiger partial charge in [-0.05, 0) is 55.0 Å². The molecule has 0 spiro atoms. The van der Waals surface area contributed by atoms with Crippen LogP contribution >= 0.6 is 11.6 Å². The van der Waals surface area contributed by atoms with E-state index in [0.29, 0.717) is 16.5 Å². The number of carbonyl (C=O) groups excluding carboxylic acids is 1. The van der Waals surface area contributed by atoms with E-state index in [1.54, 1.807) is 18.2 Å². The molecule has 0 fully saturated rings. The molecule has 0 saturated heterocycles. The average molecular weight is 493 g/mol. The van der Waals surface area contributed by atoms with Crippen LogP contribution in [0.3, 0.4) is 0 Å². The molecule has 10 heteroatoms. The van der Waals surface area contributed by atoms with Gasteiger partial charge in [0, 0.05) is 16.8 Å². The van der Waals surface area contributed by atoms with Gasteiger partial charge in [-0.15, -0.1) is 0 Å². The third-order valence-corrected chi connectivity index (χ3v) is 6.99. The molecular formula is C23H22ClFN2O5S. The number of benzene rings is 3. The van der Waals surface area contributed by atoms with Crippen molar-refractivity contribution in [3.8, 4) is 11.5 Å². The molecule has 0 bridgehead atoms. The van der Waals surface area contributed by atoms with Crippen LogP contribution < -0.4 is 20.1 Å². The maximum absolute atomic E-state index is 14.0. The summed E-state index contributed by atoms with van der Waals surface area (Å²) in [5, 5.41) is 5.94. The van der Waals surface area contributed by atoms with E-state index < -0.39 is 21.6 Å². The molecule has 0 unspecified atom stereocenters. The lowest BCUT2D eigenvalue weighted by Crippen LogP contribution is -2.22. The molecule has 0 aliphatic rings. The van der Waals surface area contributed by atoms with Crippen molar-refractivity contribution in [1.29, 1.82) is 0 Å². The van der Waals surface area contributed by atoms with Gasteiger partial charge in [0.2, 0.25) is 15.7 Å². The van der Waals surface area contributed by atoms with Gasteiger partial charge < -0.3 is 20.1 Å². The molecule has 0 radical (unpaired) electrons. The number of carbonyl (C=O) groups is 1. The first kappa shape index (κ1) is 24.3. The number of sulfone groups is 1. The van der Waals surface area contributed by atoms with Crippen LogP contribution in [-0.2, 0) is 14.6 Å². The molecule has 3 aromatic rings. The quantitative estimate of drug-likeness (QED) is 0.474. The highest BCUT2D eigenvalue weighted by molar-refractivity contribution is 7.91. The molecule has 3 aromatic carbocycles. The second kappa shape index (κ2) is 10.1. The molecule has 0 aliphatic heterocycles. The predicted molar refractivity (Wildman–Crippen MR) is 125 cm³/mol. The second-order valence-electron chi connectivity index (χ2n) is 7.03. The van der Waals surface area contributed by atoms with Crippen LogP contribution in [0.25, 0.3) is 0 Å². The smallest absolute Gasteiger partial charge is 0.243 e. The molecule has 1 amide bonds. The van der Waals surface area contributed by atoms with E-state index in [0.717, 1.165) is 17.7 Å². The Labute approximate surface area is 196 Å². The zero-order valence-corrected chi connectivity index (χ0v) is 19.7. The van der Waals surface area contributed by atoms with Gasteiger partial charge in [-0.25, -0.2) is 12.8 Å². The Balaban J connectivity index is 1.85. The van der Waals surface area contributed by atoms with E-state index >= 15 is 0 Å². The Morgan fingerprint density at radius 2 is 1.73 bits per heavy atom. The highest BCUT2D eigenvalue weighted by Gasteiger charge is 2.24. The second-order valence-corrected chi connectivity index (χ2v) is 9.35. The van der Waals surface area contributed by atoms with E-state index in [4.69, 9.17) is 21.1 Å². The summed E-state index contributed by atoms with van der Waals surface area (Å²) < 4.78 is 50.8. The van der Waals surface area contributed by atoms with Crippen LogP contribution in [0.15, 0.2) is 64.4 Å². The summed E-state index contributed by atoms with van der Waals surface area (Å²) in [6.07, 6.45) is 0. The summed E-state index contributed by atoms with van der Waals surface area (Å²) >= 11 is 6.07. The molecule has 33 heavy (non-hydrogen) atoms. The molecule has 0 saturated carbocycles. The van der Waals surface area contributed by atoms with Gasteiger partial charge in [0.05, 0.1) is 36.2 Å². The Morgan fingerprint density at radius 1 is 1.00 bits per heavy atom. The Bertz CT molecular complexity index is 1300. The Morgan fingerprint density at radius 3 is 2.39 bits per heavy atom. The molecule has 7 nitrogen and oxygen atoms in total. The van der Waals surface area contributed by atoms with Crippen molar-refractivity contribution in [2.75, 3.05) is 31.4 Å². The van der Waals surface area contributed by atoms with Crippen LogP contribution in [0.4, 0.5) is 15.8 Å². The molecule has 2 N–H and O–H groups in total. The Kier molecular flexibility index (Phi) is 7.45. The van der Waals surface area contributed by atoms with Crippen LogP contribution in [0.2, 0.25) is 5.02 Å². The lowest BCUT2D eigenvalue weighted by atomic mass is 10.2. The largest absolute Gasteiger partial charge is 0.493 e. The van der Waals surface area contributed by atoms with Crippen LogP contribution in [-0.4, -0.2) is 35.1 Å². The average Bonchev–Trinajstić information content (AvgIpc) is 2.80. The van der Waals surface area contributed by atoms with Crippen molar-refractivity contribution in [3.05, 3.63) is 71.0 Å². The monoisotopic (exact) mass is 492 g/mol. The summed E-state index contributed by atoms with van der Waals surface area (Å²) in [6, 6.07) is 12.4. The summed E-state index contributed by atoms with van der Waals surface area (Å²) in [6.45, 7) is 1.58. The van der Waals surface area contributed by atoms with E-state index in [1.807, 2.05) is 6.92 Å². The summed E-state index contributed by atoms with van der Waals surface area (Å²) in [5.74, 6) is -0.616. The number of aryl methyl sites for hydroxylation is 1. The summed E-state index contributed by atoms with van der Waals surface area (Å²) in [5.41, 5.74) is 1.43. The minimum atomic E-state index is -4.15. The fourth-order valence-electron chi connectivity index (χ4n) is 3.03. The minimum Gasteiger partial charge on any atom is -0.493 e. The molecular weight excluding hydrogens is 471 g/mol. The third kappa shape index (κ3) is 5.55. The highest BCUT2D eigenvalue weighted by atomic mass is 35.5. The highest BCUT2D eigenvalue weighted by Crippen LogP contribution is 2.34. The number of amides is 1. The number of nitrogens with one attached hydrogen (secondary N) is 2. The first-order valence-corrected chi connectivity index (χ1v) is 11.6. The van der Waals surface area contributed by atoms with Gasteiger partial charge >= 0.3 is 0 Å². The van der Waals surface area contributed by atoms with E-state index in [9.17, 15) is 17.6 Å². The fraction of sp³-hybridized carbons (Fsp3) is 0.174. The van der Waals surface area contributed by atoms with Crippen LogP contribution in [0.5, 0.6) is 11.5 Å². The van der Waals surface area contributed by atoms with E-state index in [1.165, 1.54) is 38.5 Å². The third-order valence-electron chi connectivity index (χ3n) is 4.79. The van der Waals surface area contributed by atoms with Gasteiger partial charge in [-0.2, -0.15) is 0 Å². The van der Waals surface area contributed by atoms with Crippen LogP contribution in [0, 0.1) is 12.7 Å². The number of hydrogen-bond donors (Lipinski definition) is 2. The SMILES string of the molecule is COc1ccc(S(=O)(=O)c2cc(F)ccc2NCC(=O)Nc2ccc(C)c(Cl)c2)cc1OC. The Hall–Kier alpha value is -3.30. The molecule has 0 aliphatic carbocycles. The van der Waals surface area contributed by atoms with Gasteiger partial charge in [0.25, 0.3) is 0 Å². The molecule has 174 valence electrons. The lowest BCUT2D eigenvalue weighted by molar-refractivity contribution is -0.114. The zero-order chi connectivity index (χ0) is 24.2. The van der Waals surface area contributed by atoms with Gasteiger partial charge in [0.15, 0.2) is 11.5 Å². The van der Waals surface area contributed by atoms with E-state index in [-0.39, 0.29) is 27.8 Å². The van der Waals surface area contributed by atoms with Crippen molar-refractivity contribution in [3.63, 3.8) is 0 Å². The van der Waals surface area contributed by atoms with Crippen molar-refractivity contribution in [1.82, 2.24) is 0 Å². The minimum absolute atomic E-state index is 0.0725. The molecule has 0 heterocycles. The number of hydrogen-bond acceptors (Lipinski definition) is 6. The lowest BCUT2D eigenvalue weighted by Gasteiger charge is -2.15. The molecule has 3 rings (SSSR count). The number of methoxy groups -OCH3 is 2. The number of ether oxygens (including phenoxy) is 2. The number of halogens is 2. The normalized spacial score (nSPS) is 11.1. The maximum atomic E-state index is 14.0. The molecule has 0 aromatic heterocycles. The van der Waals surface area contributed by atoms with Crippen molar-refractivity contribution < 1.29 is 27.1 Å². The number of anilines is 2. The fourth-order valence-corrected chi connectivity index (χ4v) is 4.67. The summed E-state index contributed by atoms with van der Waals surface area (Å²) in [4.78, 5) is 11.9. The van der Waals surface area contributed by atoms with Crippen molar-refractivity contribution in [2.24, 2.45) is 0 Å². The van der Waals surface area contributed by atoms with Crippen molar-refractivity contribution in [2.45, 2.75) is 16.7 Å². The van der Waals surface area contributed by atoms with E-state index in [2.05, 4.69) is 10.6 Å². The number of rotatable bonds is 8. The summed E-state index contributed by atoms with van der Waals surface area (Å²) in [7, 11) is -1.35. The standard InChI is InChI=1S/C23H22ClFN2O5S/c1-14-4-6-16(11-18(14)24)27-23(28)13-26-19-8-5-15(25)10-22(19)33(29,30)17-7-9-20(31-2)21(12-17)32-3/h4-12,26H,13H2,1-3H3,(H,27,28). The topological polar surface area (TPSA) is 93.7 Å². The maximum Gasteiger partial charge on any atom is 0.243 e. The first-order valence-electron chi connectivity index (χ1n) is 9.72. The van der Waals surface area contributed by atoms with Gasteiger partial charge in [-0.1, -0.05) is 17.7 Å². The predicted octanol–water partition coefficient (Wildman–Crippen LogP) is 4.69. The van der Waals surface area contributed by atoms with Crippen LogP contribution in [0.1, 0.15) is 5.56 Å². The van der Waals surface area contributed by atoms with Gasteiger partial charge in [-0.3, -0.25) is 4.79 Å².